The molecule has 1 aliphatic rings. The Hall–Kier alpha value is -2.94. The van der Waals surface area contributed by atoms with Crippen molar-refractivity contribution in [2.24, 2.45) is 0 Å². The molecule has 9 heteroatoms. The van der Waals surface area contributed by atoms with Gasteiger partial charge in [0.1, 0.15) is 18.4 Å². The van der Waals surface area contributed by atoms with Crippen LogP contribution in [-0.2, 0) is 26.2 Å². The first-order valence-corrected chi connectivity index (χ1v) is 14.3. The standard InChI is InChI=1S/C27H36FN3O4S/c1-4-25(27(33)29-23-8-6-5-7-9-23)30(18-21-12-10-20(2)11-13-21)26(32)19-31(36(3,34)35)24-16-14-22(28)15-17-24/h10-17,23,25H,4-9,18-19H2,1-3H3,(H,29,33)/t25-/m0/s1. The van der Waals surface area contributed by atoms with E-state index in [1.165, 1.54) is 17.0 Å². The Kier molecular flexibility index (Phi) is 9.48. The molecule has 0 heterocycles. The lowest BCUT2D eigenvalue weighted by atomic mass is 9.95. The molecule has 0 spiro atoms. The third kappa shape index (κ3) is 7.53. The first-order chi connectivity index (χ1) is 17.1. The minimum Gasteiger partial charge on any atom is -0.352 e. The average Bonchev–Trinajstić information content (AvgIpc) is 2.84. The molecule has 0 aromatic heterocycles. The summed E-state index contributed by atoms with van der Waals surface area (Å²) in [6.07, 6.45) is 6.50. The molecule has 2 amide bonds. The van der Waals surface area contributed by atoms with Crippen LogP contribution in [0.4, 0.5) is 10.1 Å². The highest BCUT2D eigenvalue weighted by Gasteiger charge is 2.32. The van der Waals surface area contributed by atoms with Gasteiger partial charge in [-0.05, 0) is 56.0 Å². The SMILES string of the molecule is CC[C@@H](C(=O)NC1CCCCC1)N(Cc1ccc(C)cc1)C(=O)CN(c1ccc(F)cc1)S(C)(=O)=O. The van der Waals surface area contributed by atoms with Gasteiger partial charge in [0.25, 0.3) is 0 Å². The summed E-state index contributed by atoms with van der Waals surface area (Å²) in [7, 11) is -3.85. The Labute approximate surface area is 213 Å². The van der Waals surface area contributed by atoms with Gasteiger partial charge in [0.05, 0.1) is 11.9 Å². The number of hydrogen-bond acceptors (Lipinski definition) is 4. The highest BCUT2D eigenvalue weighted by atomic mass is 32.2. The summed E-state index contributed by atoms with van der Waals surface area (Å²) in [5.74, 6) is -1.24. The van der Waals surface area contributed by atoms with Crippen LogP contribution in [0.5, 0.6) is 0 Å². The molecule has 0 unspecified atom stereocenters. The fourth-order valence-corrected chi connectivity index (χ4v) is 5.42. The van der Waals surface area contributed by atoms with Crippen LogP contribution in [0.1, 0.15) is 56.6 Å². The lowest BCUT2D eigenvalue weighted by Gasteiger charge is -2.34. The fourth-order valence-electron chi connectivity index (χ4n) is 4.58. The molecule has 36 heavy (non-hydrogen) atoms. The van der Waals surface area contributed by atoms with E-state index >= 15 is 0 Å². The Balaban J connectivity index is 1.89. The minimum atomic E-state index is -3.85. The van der Waals surface area contributed by atoms with Crippen molar-refractivity contribution in [2.45, 2.75) is 71.0 Å². The van der Waals surface area contributed by atoms with Crippen molar-refractivity contribution in [3.63, 3.8) is 0 Å². The number of nitrogens with one attached hydrogen (secondary N) is 1. The van der Waals surface area contributed by atoms with E-state index in [2.05, 4.69) is 5.32 Å². The molecular formula is C27H36FN3O4S. The predicted octanol–water partition coefficient (Wildman–Crippen LogP) is 4.16. The molecule has 0 saturated heterocycles. The van der Waals surface area contributed by atoms with E-state index in [0.717, 1.165) is 65.9 Å². The van der Waals surface area contributed by atoms with Crippen LogP contribution in [0, 0.1) is 12.7 Å². The van der Waals surface area contributed by atoms with Crippen LogP contribution in [0.3, 0.4) is 0 Å². The second kappa shape index (κ2) is 12.3. The van der Waals surface area contributed by atoms with Crippen LogP contribution in [0.2, 0.25) is 0 Å². The molecule has 2 aromatic rings. The molecule has 1 N–H and O–H groups in total. The maximum Gasteiger partial charge on any atom is 0.244 e. The van der Waals surface area contributed by atoms with Gasteiger partial charge in [0.15, 0.2) is 0 Å². The highest BCUT2D eigenvalue weighted by molar-refractivity contribution is 7.92. The number of benzene rings is 2. The number of halogens is 1. The van der Waals surface area contributed by atoms with Crippen molar-refractivity contribution >= 4 is 27.5 Å². The van der Waals surface area contributed by atoms with Crippen molar-refractivity contribution in [2.75, 3.05) is 17.1 Å². The molecule has 1 atom stereocenters. The monoisotopic (exact) mass is 517 g/mol. The zero-order chi connectivity index (χ0) is 26.3. The van der Waals surface area contributed by atoms with Gasteiger partial charge < -0.3 is 10.2 Å². The first kappa shape index (κ1) is 27.6. The van der Waals surface area contributed by atoms with Crippen LogP contribution < -0.4 is 9.62 Å². The summed E-state index contributed by atoms with van der Waals surface area (Å²) < 4.78 is 39.6. The summed E-state index contributed by atoms with van der Waals surface area (Å²) >= 11 is 0. The van der Waals surface area contributed by atoms with Gasteiger partial charge in [0, 0.05) is 12.6 Å². The number of carbonyl (C=O) groups excluding carboxylic acids is 2. The van der Waals surface area contributed by atoms with E-state index in [1.807, 2.05) is 38.1 Å². The lowest BCUT2D eigenvalue weighted by molar-refractivity contribution is -0.140. The number of anilines is 1. The molecule has 3 rings (SSSR count). The van der Waals surface area contributed by atoms with Crippen molar-refractivity contribution in [3.05, 3.63) is 65.5 Å². The van der Waals surface area contributed by atoms with Crippen molar-refractivity contribution in [1.82, 2.24) is 10.2 Å². The van der Waals surface area contributed by atoms with Gasteiger partial charge in [0.2, 0.25) is 21.8 Å². The number of amides is 2. The molecular weight excluding hydrogens is 481 g/mol. The van der Waals surface area contributed by atoms with Gasteiger partial charge in [-0.1, -0.05) is 56.0 Å². The number of sulfonamides is 1. The number of carbonyl (C=O) groups is 2. The summed E-state index contributed by atoms with van der Waals surface area (Å²) in [5, 5.41) is 3.12. The van der Waals surface area contributed by atoms with E-state index in [0.29, 0.717) is 6.42 Å². The third-order valence-corrected chi connectivity index (χ3v) is 7.75. The Morgan fingerprint density at radius 1 is 1.03 bits per heavy atom. The van der Waals surface area contributed by atoms with E-state index in [1.54, 1.807) is 0 Å². The van der Waals surface area contributed by atoms with Crippen LogP contribution in [0.25, 0.3) is 0 Å². The molecule has 1 aliphatic carbocycles. The third-order valence-electron chi connectivity index (χ3n) is 6.60. The summed E-state index contributed by atoms with van der Waals surface area (Å²) in [4.78, 5) is 28.5. The topological polar surface area (TPSA) is 86.8 Å². The van der Waals surface area contributed by atoms with Crippen LogP contribution in [-0.4, -0.2) is 50.0 Å². The molecule has 0 bridgehead atoms. The highest BCUT2D eigenvalue weighted by Crippen LogP contribution is 2.21. The summed E-state index contributed by atoms with van der Waals surface area (Å²) in [6, 6.07) is 11.9. The van der Waals surface area contributed by atoms with Crippen molar-refractivity contribution < 1.29 is 22.4 Å². The van der Waals surface area contributed by atoms with E-state index in [4.69, 9.17) is 0 Å². The zero-order valence-corrected chi connectivity index (χ0v) is 22.1. The zero-order valence-electron chi connectivity index (χ0n) is 21.2. The van der Waals surface area contributed by atoms with Gasteiger partial charge >= 0.3 is 0 Å². The van der Waals surface area contributed by atoms with Gasteiger partial charge in [-0.25, -0.2) is 12.8 Å². The summed E-state index contributed by atoms with van der Waals surface area (Å²) in [5.41, 5.74) is 2.09. The lowest BCUT2D eigenvalue weighted by Crippen LogP contribution is -2.53. The van der Waals surface area contributed by atoms with E-state index < -0.39 is 34.3 Å². The normalized spacial score (nSPS) is 15.2. The molecule has 196 valence electrons. The van der Waals surface area contributed by atoms with Gasteiger partial charge in [-0.2, -0.15) is 0 Å². The molecule has 7 nitrogen and oxygen atoms in total. The van der Waals surface area contributed by atoms with E-state index in [9.17, 15) is 22.4 Å². The van der Waals surface area contributed by atoms with Gasteiger partial charge in [-0.15, -0.1) is 0 Å². The van der Waals surface area contributed by atoms with Gasteiger partial charge in [-0.3, -0.25) is 13.9 Å². The average molecular weight is 518 g/mol. The number of aryl methyl sites for hydroxylation is 1. The number of rotatable bonds is 10. The van der Waals surface area contributed by atoms with Crippen molar-refractivity contribution in [3.8, 4) is 0 Å². The van der Waals surface area contributed by atoms with Crippen LogP contribution in [0.15, 0.2) is 48.5 Å². The number of hydrogen-bond donors (Lipinski definition) is 1. The Morgan fingerprint density at radius 2 is 1.64 bits per heavy atom. The predicted molar refractivity (Wildman–Crippen MR) is 139 cm³/mol. The van der Waals surface area contributed by atoms with Crippen LogP contribution >= 0.6 is 0 Å². The van der Waals surface area contributed by atoms with Crippen molar-refractivity contribution in [1.29, 1.82) is 0 Å². The van der Waals surface area contributed by atoms with E-state index in [-0.39, 0.29) is 24.2 Å². The molecule has 1 saturated carbocycles. The Morgan fingerprint density at radius 3 is 2.19 bits per heavy atom. The number of nitrogens with zero attached hydrogens (tertiary/aromatic N) is 2. The smallest absolute Gasteiger partial charge is 0.244 e. The molecule has 0 aliphatic heterocycles. The molecule has 0 radical (unpaired) electrons. The second-order valence-electron chi connectivity index (χ2n) is 9.52. The summed E-state index contributed by atoms with van der Waals surface area (Å²) in [6.45, 7) is 3.47. The fraction of sp³-hybridized carbons (Fsp3) is 0.481. The maximum absolute atomic E-state index is 13.7. The molecule has 1 fully saturated rings. The quantitative estimate of drug-likeness (QED) is 0.513. The minimum absolute atomic E-state index is 0.0864. The maximum atomic E-state index is 13.7. The molecule has 2 aromatic carbocycles. The first-order valence-electron chi connectivity index (χ1n) is 12.5. The Bertz CT molecular complexity index is 1130. The second-order valence-corrected chi connectivity index (χ2v) is 11.4. The largest absolute Gasteiger partial charge is 0.352 e.